The highest BCUT2D eigenvalue weighted by atomic mass is 32.2. The van der Waals surface area contributed by atoms with Crippen molar-refractivity contribution in [2.75, 3.05) is 0 Å². The van der Waals surface area contributed by atoms with Gasteiger partial charge in [-0.1, -0.05) is 97.3 Å². The fraction of sp³-hybridized carbons (Fsp3) is 1.00. The van der Waals surface area contributed by atoms with Gasteiger partial charge in [-0.25, -0.2) is 0 Å². The summed E-state index contributed by atoms with van der Waals surface area (Å²) in [6, 6.07) is 0. The Kier molecular flexibility index (Phi) is 16.9. The Labute approximate surface area is 162 Å². The lowest BCUT2D eigenvalue weighted by Crippen LogP contribution is -2.20. The van der Waals surface area contributed by atoms with E-state index in [2.05, 4.69) is 6.92 Å². The highest BCUT2D eigenvalue weighted by molar-refractivity contribution is 7.86. The zero-order valence-electron chi connectivity index (χ0n) is 17.3. The Balaban J connectivity index is 3.47. The molecule has 0 heterocycles. The molecular weight excluding hydrogens is 348 g/mol. The minimum absolute atomic E-state index is 0.134. The first-order chi connectivity index (χ1) is 12.4. The molecule has 2 N–H and O–H groups in total. The molecule has 0 saturated carbocycles. The van der Waals surface area contributed by atoms with E-state index in [0.717, 1.165) is 64.2 Å². The highest BCUT2D eigenvalue weighted by Crippen LogP contribution is 2.18. The van der Waals surface area contributed by atoms with E-state index < -0.39 is 15.4 Å². The Bertz CT molecular complexity index is 395. The maximum Gasteiger partial charge on any atom is 0.267 e. The molecule has 5 heteroatoms. The molecule has 0 rings (SSSR count). The Morgan fingerprint density at radius 2 is 1.04 bits per heavy atom. The molecule has 2 unspecified atom stereocenters. The minimum atomic E-state index is -3.88. The Hall–Kier alpha value is -0.130. The van der Waals surface area contributed by atoms with Crippen molar-refractivity contribution in [1.29, 1.82) is 0 Å². The monoisotopic (exact) mass is 392 g/mol. The van der Waals surface area contributed by atoms with Crippen molar-refractivity contribution in [2.45, 2.75) is 134 Å². The first-order valence-electron chi connectivity index (χ1n) is 11.1. The SMILES string of the molecule is CCCCCCCCC(O)CCCCCCCCC(CCC)S(=O)(=O)O. The van der Waals surface area contributed by atoms with E-state index in [9.17, 15) is 18.1 Å². The molecule has 0 aromatic rings. The molecule has 26 heavy (non-hydrogen) atoms. The van der Waals surface area contributed by atoms with Gasteiger partial charge in [-0.15, -0.1) is 0 Å². The van der Waals surface area contributed by atoms with E-state index in [1.165, 1.54) is 32.1 Å². The lowest BCUT2D eigenvalue weighted by atomic mass is 10.0. The summed E-state index contributed by atoms with van der Waals surface area (Å²) in [5.74, 6) is 0. The number of hydrogen-bond acceptors (Lipinski definition) is 3. The average Bonchev–Trinajstić information content (AvgIpc) is 2.58. The van der Waals surface area contributed by atoms with E-state index in [-0.39, 0.29) is 6.10 Å². The summed E-state index contributed by atoms with van der Waals surface area (Å²) in [4.78, 5) is 0. The molecule has 0 spiro atoms. The summed E-state index contributed by atoms with van der Waals surface area (Å²) in [5.41, 5.74) is 0. The van der Waals surface area contributed by atoms with Crippen LogP contribution in [0.1, 0.15) is 123 Å². The van der Waals surface area contributed by atoms with Crippen LogP contribution >= 0.6 is 0 Å². The number of rotatable bonds is 19. The van der Waals surface area contributed by atoms with Crippen LogP contribution in [0.25, 0.3) is 0 Å². The quantitative estimate of drug-likeness (QED) is 0.200. The van der Waals surface area contributed by atoms with Crippen LogP contribution in [0.4, 0.5) is 0 Å². The number of hydrogen-bond donors (Lipinski definition) is 2. The lowest BCUT2D eigenvalue weighted by molar-refractivity contribution is 0.147. The first-order valence-corrected chi connectivity index (χ1v) is 12.6. The van der Waals surface area contributed by atoms with Crippen molar-refractivity contribution in [3.63, 3.8) is 0 Å². The number of unbranched alkanes of at least 4 members (excludes halogenated alkanes) is 10. The second-order valence-corrected chi connectivity index (χ2v) is 9.53. The van der Waals surface area contributed by atoms with E-state index in [1.807, 2.05) is 6.92 Å². The van der Waals surface area contributed by atoms with Crippen LogP contribution in [0.15, 0.2) is 0 Å². The molecule has 0 amide bonds. The maximum absolute atomic E-state index is 11.3. The zero-order chi connectivity index (χ0) is 19.7. The van der Waals surface area contributed by atoms with Crippen molar-refractivity contribution in [2.24, 2.45) is 0 Å². The summed E-state index contributed by atoms with van der Waals surface area (Å²) >= 11 is 0. The molecule has 4 nitrogen and oxygen atoms in total. The molecule has 2 atom stereocenters. The van der Waals surface area contributed by atoms with Gasteiger partial charge in [0.25, 0.3) is 10.1 Å². The van der Waals surface area contributed by atoms with Crippen LogP contribution in [0, 0.1) is 0 Å². The second-order valence-electron chi connectivity index (χ2n) is 7.83. The number of aliphatic hydroxyl groups is 1. The van der Waals surface area contributed by atoms with Gasteiger partial charge in [0.05, 0.1) is 11.4 Å². The van der Waals surface area contributed by atoms with Gasteiger partial charge in [0.15, 0.2) is 0 Å². The zero-order valence-corrected chi connectivity index (χ0v) is 18.1. The number of aliphatic hydroxyl groups excluding tert-OH is 1. The summed E-state index contributed by atoms with van der Waals surface area (Å²) < 4.78 is 31.7. The fourth-order valence-electron chi connectivity index (χ4n) is 3.53. The summed E-state index contributed by atoms with van der Waals surface area (Å²) in [5, 5.41) is 9.42. The van der Waals surface area contributed by atoms with Crippen LogP contribution in [-0.4, -0.2) is 29.4 Å². The third-order valence-electron chi connectivity index (χ3n) is 5.24. The Morgan fingerprint density at radius 3 is 1.46 bits per heavy atom. The predicted molar refractivity (Wildman–Crippen MR) is 111 cm³/mol. The maximum atomic E-state index is 11.3. The summed E-state index contributed by atoms with van der Waals surface area (Å²) in [6.45, 7) is 4.17. The summed E-state index contributed by atoms with van der Waals surface area (Å²) in [6.07, 6.45) is 17.6. The fourth-order valence-corrected chi connectivity index (χ4v) is 4.53. The molecule has 0 aromatic carbocycles. The molecule has 0 aliphatic carbocycles. The second kappa shape index (κ2) is 17.0. The van der Waals surface area contributed by atoms with Gasteiger partial charge in [0.2, 0.25) is 0 Å². The third kappa shape index (κ3) is 16.1. The van der Waals surface area contributed by atoms with Crippen LogP contribution in [-0.2, 0) is 10.1 Å². The van der Waals surface area contributed by atoms with E-state index >= 15 is 0 Å². The minimum Gasteiger partial charge on any atom is -0.393 e. The van der Waals surface area contributed by atoms with Gasteiger partial charge in [-0.3, -0.25) is 4.55 Å². The van der Waals surface area contributed by atoms with Gasteiger partial charge >= 0.3 is 0 Å². The van der Waals surface area contributed by atoms with E-state index in [4.69, 9.17) is 0 Å². The van der Waals surface area contributed by atoms with Crippen molar-refractivity contribution in [3.8, 4) is 0 Å². The van der Waals surface area contributed by atoms with E-state index in [0.29, 0.717) is 12.8 Å². The van der Waals surface area contributed by atoms with Crippen molar-refractivity contribution in [3.05, 3.63) is 0 Å². The molecule has 0 radical (unpaired) electrons. The molecule has 0 aliphatic rings. The molecule has 0 aliphatic heterocycles. The van der Waals surface area contributed by atoms with Crippen molar-refractivity contribution >= 4 is 10.1 Å². The first kappa shape index (κ1) is 25.9. The van der Waals surface area contributed by atoms with Gasteiger partial charge < -0.3 is 5.11 Å². The smallest absolute Gasteiger partial charge is 0.267 e. The van der Waals surface area contributed by atoms with Gasteiger partial charge in [-0.2, -0.15) is 8.42 Å². The van der Waals surface area contributed by atoms with Crippen LogP contribution in [0.2, 0.25) is 0 Å². The Morgan fingerprint density at radius 1 is 0.615 bits per heavy atom. The van der Waals surface area contributed by atoms with Gasteiger partial charge in [-0.05, 0) is 25.7 Å². The standard InChI is InChI=1S/C21H44O4S/c1-3-5-6-7-10-13-17-20(22)18-14-11-8-9-12-15-19-21(16-4-2)26(23,24)25/h20-22H,3-19H2,1-2H3,(H,23,24,25). The lowest BCUT2D eigenvalue weighted by Gasteiger charge is -2.12. The molecular formula is C21H44O4S. The molecule has 0 bridgehead atoms. The normalized spacial score (nSPS) is 14.5. The van der Waals surface area contributed by atoms with E-state index in [1.54, 1.807) is 0 Å². The predicted octanol–water partition coefficient (Wildman–Crippen LogP) is 6.28. The molecule has 0 aromatic heterocycles. The molecule has 0 fully saturated rings. The van der Waals surface area contributed by atoms with Crippen molar-refractivity contribution in [1.82, 2.24) is 0 Å². The molecule has 0 saturated heterocycles. The van der Waals surface area contributed by atoms with Crippen LogP contribution < -0.4 is 0 Å². The van der Waals surface area contributed by atoms with Crippen LogP contribution in [0.3, 0.4) is 0 Å². The van der Waals surface area contributed by atoms with Gasteiger partial charge in [0.1, 0.15) is 0 Å². The average molecular weight is 393 g/mol. The van der Waals surface area contributed by atoms with Gasteiger partial charge in [0, 0.05) is 0 Å². The highest BCUT2D eigenvalue weighted by Gasteiger charge is 2.21. The largest absolute Gasteiger partial charge is 0.393 e. The third-order valence-corrected chi connectivity index (χ3v) is 6.55. The molecule has 158 valence electrons. The van der Waals surface area contributed by atoms with Crippen LogP contribution in [0.5, 0.6) is 0 Å². The topological polar surface area (TPSA) is 74.6 Å². The van der Waals surface area contributed by atoms with Crippen molar-refractivity contribution < 1.29 is 18.1 Å². The summed E-state index contributed by atoms with van der Waals surface area (Å²) in [7, 11) is -3.88.